The van der Waals surface area contributed by atoms with Gasteiger partial charge in [-0.3, -0.25) is 14.5 Å². The Morgan fingerprint density at radius 2 is 2.00 bits per heavy atom. The van der Waals surface area contributed by atoms with Crippen molar-refractivity contribution in [3.05, 3.63) is 35.9 Å². The number of nitrogens with zero attached hydrogens (tertiary/aromatic N) is 2. The molecule has 1 heterocycles. The van der Waals surface area contributed by atoms with Crippen molar-refractivity contribution in [3.8, 4) is 0 Å². The van der Waals surface area contributed by atoms with Gasteiger partial charge in [0.05, 0.1) is 18.7 Å². The van der Waals surface area contributed by atoms with Crippen LogP contribution in [-0.2, 0) is 16.0 Å². The van der Waals surface area contributed by atoms with Crippen LogP contribution in [0.2, 0.25) is 0 Å². The lowest BCUT2D eigenvalue weighted by Crippen LogP contribution is -2.55. The van der Waals surface area contributed by atoms with Crippen molar-refractivity contribution in [1.29, 1.82) is 0 Å². The van der Waals surface area contributed by atoms with Crippen LogP contribution in [0.25, 0.3) is 0 Å². The minimum atomic E-state index is -0.637. The number of β-amino-alcohol motifs (C(OH)–C–C–N with tert-alkyl or cyclic N) is 1. The van der Waals surface area contributed by atoms with Gasteiger partial charge < -0.3 is 15.3 Å². The van der Waals surface area contributed by atoms with E-state index in [4.69, 9.17) is 0 Å². The molecule has 2 amide bonds. The number of hydrogen-bond donors (Lipinski definition) is 2. The molecule has 0 aromatic heterocycles. The van der Waals surface area contributed by atoms with Crippen LogP contribution in [0.5, 0.6) is 0 Å². The number of amides is 2. The summed E-state index contributed by atoms with van der Waals surface area (Å²) in [5, 5.41) is 13.2. The molecule has 6 heteroatoms. The summed E-state index contributed by atoms with van der Waals surface area (Å²) in [7, 11) is 3.45. The van der Waals surface area contributed by atoms with Crippen molar-refractivity contribution in [3.63, 3.8) is 0 Å². The van der Waals surface area contributed by atoms with E-state index in [1.807, 2.05) is 23.1 Å². The molecule has 1 aliphatic rings. The second-order valence-electron chi connectivity index (χ2n) is 6.89. The predicted octanol–water partition coefficient (Wildman–Crippen LogP) is 0.649. The number of piperidine rings is 1. The molecule has 0 unspecified atom stereocenters. The first-order valence-electron chi connectivity index (χ1n) is 8.89. The number of aliphatic hydroxyl groups excluding tert-OH is 1. The SMILES string of the molecule is CN(C)C(=O)CN1CC[C@@H](NC(=O)CCCc2ccccc2)[C@H](O)C1. The highest BCUT2D eigenvalue weighted by atomic mass is 16.3. The van der Waals surface area contributed by atoms with E-state index < -0.39 is 6.10 Å². The van der Waals surface area contributed by atoms with E-state index in [0.29, 0.717) is 32.5 Å². The Hall–Kier alpha value is -1.92. The number of benzene rings is 1. The van der Waals surface area contributed by atoms with E-state index >= 15 is 0 Å². The second kappa shape index (κ2) is 9.53. The second-order valence-corrected chi connectivity index (χ2v) is 6.89. The van der Waals surface area contributed by atoms with Gasteiger partial charge in [-0.2, -0.15) is 0 Å². The highest BCUT2D eigenvalue weighted by Crippen LogP contribution is 2.12. The van der Waals surface area contributed by atoms with Crippen molar-refractivity contribution in [2.75, 3.05) is 33.7 Å². The first-order chi connectivity index (χ1) is 12.0. The van der Waals surface area contributed by atoms with Gasteiger partial charge in [-0.25, -0.2) is 0 Å². The van der Waals surface area contributed by atoms with Gasteiger partial charge in [0.2, 0.25) is 11.8 Å². The standard InChI is InChI=1S/C19H29N3O3/c1-21(2)19(25)14-22-12-11-16(17(23)13-22)20-18(24)10-6-9-15-7-4-3-5-8-15/h3-5,7-8,16-17,23H,6,9-14H2,1-2H3,(H,20,24)/t16-,17-/m1/s1. The summed E-state index contributed by atoms with van der Waals surface area (Å²) in [6.07, 6.45) is 2.15. The monoisotopic (exact) mass is 347 g/mol. The Kier molecular flexibility index (Phi) is 7.40. The summed E-state index contributed by atoms with van der Waals surface area (Å²) >= 11 is 0. The molecule has 1 saturated heterocycles. The molecule has 2 atom stereocenters. The number of rotatable bonds is 7. The first kappa shape index (κ1) is 19.4. The molecule has 0 spiro atoms. The van der Waals surface area contributed by atoms with E-state index in [0.717, 1.165) is 12.8 Å². The van der Waals surface area contributed by atoms with Crippen LogP contribution in [-0.4, -0.2) is 72.6 Å². The fourth-order valence-electron chi connectivity index (χ4n) is 3.02. The highest BCUT2D eigenvalue weighted by molar-refractivity contribution is 5.77. The minimum absolute atomic E-state index is 0.0159. The number of carbonyl (C=O) groups is 2. The van der Waals surface area contributed by atoms with E-state index in [-0.39, 0.29) is 17.9 Å². The number of aryl methyl sites for hydroxylation is 1. The van der Waals surface area contributed by atoms with E-state index in [1.165, 1.54) is 5.56 Å². The number of nitrogens with one attached hydrogen (secondary N) is 1. The third-order valence-electron chi connectivity index (χ3n) is 4.58. The van der Waals surface area contributed by atoms with Gasteiger partial charge >= 0.3 is 0 Å². The van der Waals surface area contributed by atoms with Gasteiger partial charge in [0.1, 0.15) is 0 Å². The molecule has 1 aromatic rings. The quantitative estimate of drug-likeness (QED) is 0.760. The molecule has 25 heavy (non-hydrogen) atoms. The number of likely N-dealkylation sites (tertiary alicyclic amines) is 1. The highest BCUT2D eigenvalue weighted by Gasteiger charge is 2.29. The number of hydrogen-bond acceptors (Lipinski definition) is 4. The third-order valence-corrected chi connectivity index (χ3v) is 4.58. The molecule has 138 valence electrons. The zero-order valence-electron chi connectivity index (χ0n) is 15.1. The van der Waals surface area contributed by atoms with Crippen molar-refractivity contribution >= 4 is 11.8 Å². The fraction of sp³-hybridized carbons (Fsp3) is 0.579. The molecular formula is C19H29N3O3. The van der Waals surface area contributed by atoms with E-state index in [1.54, 1.807) is 19.0 Å². The average molecular weight is 347 g/mol. The Balaban J connectivity index is 1.68. The van der Waals surface area contributed by atoms with Crippen LogP contribution in [0.3, 0.4) is 0 Å². The lowest BCUT2D eigenvalue weighted by molar-refractivity contribution is -0.131. The zero-order chi connectivity index (χ0) is 18.2. The van der Waals surface area contributed by atoms with Gasteiger partial charge in [0.15, 0.2) is 0 Å². The number of carbonyl (C=O) groups excluding carboxylic acids is 2. The van der Waals surface area contributed by atoms with E-state index in [2.05, 4.69) is 17.4 Å². The van der Waals surface area contributed by atoms with Gasteiger partial charge in [-0.05, 0) is 24.8 Å². The van der Waals surface area contributed by atoms with Crippen LogP contribution >= 0.6 is 0 Å². The van der Waals surface area contributed by atoms with Gasteiger partial charge in [-0.1, -0.05) is 30.3 Å². The van der Waals surface area contributed by atoms with Crippen molar-refractivity contribution in [1.82, 2.24) is 15.1 Å². The Bertz CT molecular complexity index is 562. The molecule has 2 N–H and O–H groups in total. The maximum absolute atomic E-state index is 12.1. The normalized spacial score (nSPS) is 20.9. The topological polar surface area (TPSA) is 72.9 Å². The average Bonchev–Trinajstić information content (AvgIpc) is 2.58. The summed E-state index contributed by atoms with van der Waals surface area (Å²) in [6, 6.07) is 9.88. The van der Waals surface area contributed by atoms with Crippen LogP contribution in [0.1, 0.15) is 24.8 Å². The number of likely N-dealkylation sites (N-methyl/N-ethyl adjacent to an activating group) is 1. The summed E-state index contributed by atoms with van der Waals surface area (Å²) in [6.45, 7) is 1.42. The van der Waals surface area contributed by atoms with Crippen LogP contribution in [0.4, 0.5) is 0 Å². The molecule has 0 bridgehead atoms. The summed E-state index contributed by atoms with van der Waals surface area (Å²) in [5.41, 5.74) is 1.23. The van der Waals surface area contributed by atoms with Crippen LogP contribution in [0, 0.1) is 0 Å². The van der Waals surface area contributed by atoms with Crippen LogP contribution < -0.4 is 5.32 Å². The molecule has 0 saturated carbocycles. The molecule has 6 nitrogen and oxygen atoms in total. The lowest BCUT2D eigenvalue weighted by Gasteiger charge is -2.36. The summed E-state index contributed by atoms with van der Waals surface area (Å²) < 4.78 is 0. The zero-order valence-corrected chi connectivity index (χ0v) is 15.1. The molecule has 2 rings (SSSR count). The van der Waals surface area contributed by atoms with Crippen LogP contribution in [0.15, 0.2) is 30.3 Å². The largest absolute Gasteiger partial charge is 0.390 e. The van der Waals surface area contributed by atoms with E-state index in [9.17, 15) is 14.7 Å². The molecule has 1 aromatic carbocycles. The lowest BCUT2D eigenvalue weighted by atomic mass is 10.0. The smallest absolute Gasteiger partial charge is 0.236 e. The predicted molar refractivity (Wildman–Crippen MR) is 97.1 cm³/mol. The Morgan fingerprint density at radius 3 is 2.64 bits per heavy atom. The van der Waals surface area contributed by atoms with Gasteiger partial charge in [0, 0.05) is 33.6 Å². The first-order valence-corrected chi connectivity index (χ1v) is 8.89. The molecule has 1 aliphatic heterocycles. The molecular weight excluding hydrogens is 318 g/mol. The molecule has 0 radical (unpaired) electrons. The third kappa shape index (κ3) is 6.48. The molecule has 0 aliphatic carbocycles. The fourth-order valence-corrected chi connectivity index (χ4v) is 3.02. The van der Waals surface area contributed by atoms with Crippen molar-refractivity contribution < 1.29 is 14.7 Å². The Morgan fingerprint density at radius 1 is 1.28 bits per heavy atom. The van der Waals surface area contributed by atoms with Crippen molar-refractivity contribution in [2.24, 2.45) is 0 Å². The Labute approximate surface area is 149 Å². The van der Waals surface area contributed by atoms with Gasteiger partial charge in [-0.15, -0.1) is 0 Å². The maximum atomic E-state index is 12.1. The summed E-state index contributed by atoms with van der Waals surface area (Å²) in [5.74, 6) is 0.00777. The molecule has 1 fully saturated rings. The number of aliphatic hydroxyl groups is 1. The van der Waals surface area contributed by atoms with Gasteiger partial charge in [0.25, 0.3) is 0 Å². The maximum Gasteiger partial charge on any atom is 0.236 e. The summed E-state index contributed by atoms with van der Waals surface area (Å²) in [4.78, 5) is 27.3. The van der Waals surface area contributed by atoms with Crippen molar-refractivity contribution in [2.45, 2.75) is 37.8 Å². The minimum Gasteiger partial charge on any atom is -0.390 e.